The topological polar surface area (TPSA) is 96.4 Å². The average Bonchev–Trinajstić information content (AvgIpc) is 2.62. The molecule has 0 bridgehead atoms. The van der Waals surface area contributed by atoms with Crippen LogP contribution in [0.5, 0.6) is 0 Å². The molecule has 0 radical (unpaired) electrons. The molecule has 0 fully saturated rings. The minimum Gasteiger partial charge on any atom is -0.396 e. The second-order valence-corrected chi connectivity index (χ2v) is 7.53. The monoisotopic (exact) mass is 348 g/mol. The van der Waals surface area contributed by atoms with Gasteiger partial charge in [-0.2, -0.15) is 0 Å². The SMILES string of the molecule is CCS(=O)(=O)c1ccc([C@H](CCO)NC(=O)c2cccnc2)cc1. The van der Waals surface area contributed by atoms with Crippen molar-refractivity contribution in [1.82, 2.24) is 10.3 Å². The smallest absolute Gasteiger partial charge is 0.253 e. The van der Waals surface area contributed by atoms with Gasteiger partial charge in [-0.05, 0) is 36.2 Å². The van der Waals surface area contributed by atoms with E-state index in [4.69, 9.17) is 0 Å². The van der Waals surface area contributed by atoms with E-state index in [0.29, 0.717) is 12.0 Å². The highest BCUT2D eigenvalue weighted by Gasteiger charge is 2.17. The van der Waals surface area contributed by atoms with Crippen molar-refractivity contribution in [3.63, 3.8) is 0 Å². The summed E-state index contributed by atoms with van der Waals surface area (Å²) in [5.41, 5.74) is 1.15. The first kappa shape index (κ1) is 18.1. The van der Waals surface area contributed by atoms with Crippen LogP contribution in [0.2, 0.25) is 0 Å². The predicted octanol–water partition coefficient (Wildman–Crippen LogP) is 1.73. The van der Waals surface area contributed by atoms with Crippen LogP contribution in [0.15, 0.2) is 53.7 Å². The minimum atomic E-state index is -3.26. The number of rotatable bonds is 7. The third-order valence-electron chi connectivity index (χ3n) is 3.67. The van der Waals surface area contributed by atoms with Crippen molar-refractivity contribution in [2.45, 2.75) is 24.3 Å². The van der Waals surface area contributed by atoms with Crippen molar-refractivity contribution in [2.24, 2.45) is 0 Å². The largest absolute Gasteiger partial charge is 0.396 e. The number of nitrogens with zero attached hydrogens (tertiary/aromatic N) is 1. The summed E-state index contributed by atoms with van der Waals surface area (Å²) in [6.45, 7) is 1.49. The predicted molar refractivity (Wildman–Crippen MR) is 90.3 cm³/mol. The zero-order chi connectivity index (χ0) is 17.6. The quantitative estimate of drug-likeness (QED) is 0.794. The first-order valence-electron chi connectivity index (χ1n) is 7.62. The summed E-state index contributed by atoms with van der Waals surface area (Å²) in [6, 6.07) is 9.26. The molecule has 1 heterocycles. The number of carbonyl (C=O) groups is 1. The molecule has 0 aliphatic carbocycles. The van der Waals surface area contributed by atoms with Gasteiger partial charge in [0, 0.05) is 19.0 Å². The summed E-state index contributed by atoms with van der Waals surface area (Å²) >= 11 is 0. The molecule has 6 nitrogen and oxygen atoms in total. The van der Waals surface area contributed by atoms with E-state index in [2.05, 4.69) is 10.3 Å². The molecule has 0 saturated heterocycles. The maximum absolute atomic E-state index is 12.2. The van der Waals surface area contributed by atoms with E-state index in [0.717, 1.165) is 5.56 Å². The molecule has 2 N–H and O–H groups in total. The number of hydrogen-bond donors (Lipinski definition) is 2. The number of aliphatic hydroxyl groups excluding tert-OH is 1. The number of aromatic nitrogens is 1. The Kier molecular flexibility index (Phi) is 6.05. The van der Waals surface area contributed by atoms with Crippen LogP contribution in [-0.4, -0.2) is 36.8 Å². The molecule has 0 unspecified atom stereocenters. The number of nitrogens with one attached hydrogen (secondary N) is 1. The van der Waals surface area contributed by atoms with Crippen molar-refractivity contribution in [3.8, 4) is 0 Å². The fourth-order valence-electron chi connectivity index (χ4n) is 2.26. The van der Waals surface area contributed by atoms with Gasteiger partial charge in [-0.15, -0.1) is 0 Å². The molecule has 1 amide bonds. The number of amides is 1. The molecule has 1 aromatic carbocycles. The Morgan fingerprint density at radius 2 is 1.96 bits per heavy atom. The highest BCUT2D eigenvalue weighted by molar-refractivity contribution is 7.91. The molecule has 128 valence electrons. The number of aliphatic hydroxyl groups is 1. The zero-order valence-electron chi connectivity index (χ0n) is 13.3. The summed E-state index contributed by atoms with van der Waals surface area (Å²) in [5, 5.41) is 12.1. The Balaban J connectivity index is 2.20. The van der Waals surface area contributed by atoms with Crippen LogP contribution in [0.1, 0.15) is 35.3 Å². The van der Waals surface area contributed by atoms with Gasteiger partial charge in [0.05, 0.1) is 22.3 Å². The number of carbonyl (C=O) groups excluding carboxylic acids is 1. The van der Waals surface area contributed by atoms with Gasteiger partial charge in [-0.1, -0.05) is 19.1 Å². The third-order valence-corrected chi connectivity index (χ3v) is 5.42. The fourth-order valence-corrected chi connectivity index (χ4v) is 3.15. The lowest BCUT2D eigenvalue weighted by Gasteiger charge is -2.18. The van der Waals surface area contributed by atoms with Crippen LogP contribution in [0.3, 0.4) is 0 Å². The number of pyridine rings is 1. The molecule has 1 atom stereocenters. The van der Waals surface area contributed by atoms with Gasteiger partial charge >= 0.3 is 0 Å². The number of sulfone groups is 1. The molecule has 2 rings (SSSR count). The molecular formula is C17H20N2O4S. The summed E-state index contributed by atoms with van der Waals surface area (Å²) < 4.78 is 23.7. The lowest BCUT2D eigenvalue weighted by Crippen LogP contribution is -2.29. The molecule has 0 aliphatic rings. The van der Waals surface area contributed by atoms with E-state index in [-0.39, 0.29) is 23.2 Å². The second kappa shape index (κ2) is 8.03. The molecule has 0 saturated carbocycles. The van der Waals surface area contributed by atoms with E-state index < -0.39 is 15.9 Å². The normalized spacial score (nSPS) is 12.6. The average molecular weight is 348 g/mol. The van der Waals surface area contributed by atoms with Gasteiger partial charge in [0.25, 0.3) is 5.91 Å². The fraction of sp³-hybridized carbons (Fsp3) is 0.294. The Morgan fingerprint density at radius 1 is 1.25 bits per heavy atom. The van der Waals surface area contributed by atoms with Crippen LogP contribution in [0, 0.1) is 0 Å². The summed E-state index contributed by atoms with van der Waals surface area (Å²) in [7, 11) is -3.26. The van der Waals surface area contributed by atoms with Crippen molar-refractivity contribution in [1.29, 1.82) is 0 Å². The van der Waals surface area contributed by atoms with Crippen molar-refractivity contribution < 1.29 is 18.3 Å². The Hall–Kier alpha value is -2.25. The Morgan fingerprint density at radius 3 is 2.50 bits per heavy atom. The highest BCUT2D eigenvalue weighted by atomic mass is 32.2. The zero-order valence-corrected chi connectivity index (χ0v) is 14.2. The summed E-state index contributed by atoms with van der Waals surface area (Å²) in [5.74, 6) is -0.267. The van der Waals surface area contributed by atoms with E-state index in [9.17, 15) is 18.3 Å². The number of hydrogen-bond acceptors (Lipinski definition) is 5. The Bertz CT molecular complexity index is 774. The molecule has 2 aromatic rings. The van der Waals surface area contributed by atoms with Crippen LogP contribution >= 0.6 is 0 Å². The van der Waals surface area contributed by atoms with E-state index in [1.807, 2.05) is 0 Å². The maximum atomic E-state index is 12.2. The van der Waals surface area contributed by atoms with E-state index in [1.54, 1.807) is 37.4 Å². The molecule has 0 aliphatic heterocycles. The van der Waals surface area contributed by atoms with Crippen molar-refractivity contribution in [2.75, 3.05) is 12.4 Å². The first-order valence-corrected chi connectivity index (χ1v) is 9.27. The van der Waals surface area contributed by atoms with Crippen LogP contribution in [-0.2, 0) is 9.84 Å². The minimum absolute atomic E-state index is 0.0319. The second-order valence-electron chi connectivity index (χ2n) is 5.25. The van der Waals surface area contributed by atoms with Crippen molar-refractivity contribution >= 4 is 15.7 Å². The van der Waals surface area contributed by atoms with Crippen LogP contribution in [0.25, 0.3) is 0 Å². The molecular weight excluding hydrogens is 328 g/mol. The van der Waals surface area contributed by atoms with E-state index in [1.165, 1.54) is 18.3 Å². The highest BCUT2D eigenvalue weighted by Crippen LogP contribution is 2.20. The molecule has 7 heteroatoms. The van der Waals surface area contributed by atoms with Gasteiger partial charge in [-0.3, -0.25) is 9.78 Å². The molecule has 24 heavy (non-hydrogen) atoms. The van der Waals surface area contributed by atoms with Gasteiger partial charge in [0.2, 0.25) is 0 Å². The van der Waals surface area contributed by atoms with Gasteiger partial charge in [0.15, 0.2) is 9.84 Å². The summed E-state index contributed by atoms with van der Waals surface area (Å²) in [4.78, 5) is 16.4. The third kappa shape index (κ3) is 4.39. The van der Waals surface area contributed by atoms with Crippen LogP contribution in [0.4, 0.5) is 0 Å². The van der Waals surface area contributed by atoms with Gasteiger partial charge < -0.3 is 10.4 Å². The van der Waals surface area contributed by atoms with E-state index >= 15 is 0 Å². The van der Waals surface area contributed by atoms with Crippen LogP contribution < -0.4 is 5.32 Å². The maximum Gasteiger partial charge on any atom is 0.253 e. The number of benzene rings is 1. The lowest BCUT2D eigenvalue weighted by atomic mass is 10.0. The van der Waals surface area contributed by atoms with Crippen molar-refractivity contribution in [3.05, 3.63) is 59.9 Å². The molecule has 0 spiro atoms. The Labute approximate surface area is 141 Å². The summed E-state index contributed by atoms with van der Waals surface area (Å²) in [6.07, 6.45) is 3.36. The first-order chi connectivity index (χ1) is 11.5. The molecule has 1 aromatic heterocycles. The van der Waals surface area contributed by atoms with Gasteiger partial charge in [-0.25, -0.2) is 8.42 Å². The lowest BCUT2D eigenvalue weighted by molar-refractivity contribution is 0.0929. The van der Waals surface area contributed by atoms with Gasteiger partial charge in [0.1, 0.15) is 0 Å². The standard InChI is InChI=1S/C17H20N2O4S/c1-2-24(22,23)15-7-5-13(6-8-15)16(9-11-20)19-17(21)14-4-3-10-18-12-14/h3-8,10,12,16,20H,2,9,11H2,1H3,(H,19,21)/t16-/m0/s1.